The first kappa shape index (κ1) is 17.7. The molecule has 1 amide bonds. The minimum Gasteiger partial charge on any atom is -0.335 e. The van der Waals surface area contributed by atoms with E-state index in [-0.39, 0.29) is 5.91 Å². The second kappa shape index (κ2) is 6.85. The second-order valence-corrected chi connectivity index (χ2v) is 8.47. The zero-order valence-electron chi connectivity index (χ0n) is 14.6. The highest BCUT2D eigenvalue weighted by molar-refractivity contribution is 5.83. The molecule has 128 valence electrons. The van der Waals surface area contributed by atoms with Crippen LogP contribution in [-0.4, -0.2) is 47.7 Å². The number of carbonyl (C=O) groups excluding carboxylic acids is 1. The lowest BCUT2D eigenvalue weighted by Crippen LogP contribution is -2.55. The molecular formula is C17H33N3O2. The van der Waals surface area contributed by atoms with Crippen LogP contribution in [0.15, 0.2) is 0 Å². The Labute approximate surface area is 134 Å². The summed E-state index contributed by atoms with van der Waals surface area (Å²) in [4.78, 5) is 15.3. The van der Waals surface area contributed by atoms with E-state index in [9.17, 15) is 4.79 Å². The Morgan fingerprint density at radius 3 is 2.41 bits per heavy atom. The Hall–Kier alpha value is -0.650. The number of hydrogen-bond acceptors (Lipinski definition) is 4. The maximum absolute atomic E-state index is 13.1. The molecule has 2 aliphatic rings. The molecule has 0 spiro atoms. The van der Waals surface area contributed by atoms with Crippen molar-refractivity contribution in [2.24, 2.45) is 10.8 Å². The summed E-state index contributed by atoms with van der Waals surface area (Å²) in [5.41, 5.74) is 2.01. The normalized spacial score (nSPS) is 26.1. The summed E-state index contributed by atoms with van der Waals surface area (Å²) in [6.45, 7) is 10.7. The molecule has 1 aliphatic carbocycles. The molecule has 2 fully saturated rings. The standard InChI is InChI=1S/C17H33N3O2/c1-16(2)8-5-13(6-9-16)20(14-7-10-18-11-14)15(21)17(3,4)12-19-22/h13-14,18-19,22H,5-12H2,1-4H3/t14-/m0/s1. The largest absolute Gasteiger partial charge is 0.335 e. The Morgan fingerprint density at radius 1 is 1.27 bits per heavy atom. The highest BCUT2D eigenvalue weighted by Gasteiger charge is 2.41. The van der Waals surface area contributed by atoms with Crippen LogP contribution in [0.4, 0.5) is 0 Å². The van der Waals surface area contributed by atoms with Crippen molar-refractivity contribution in [3.8, 4) is 0 Å². The first-order valence-corrected chi connectivity index (χ1v) is 8.67. The zero-order chi connectivity index (χ0) is 16.4. The molecule has 3 N–H and O–H groups in total. The van der Waals surface area contributed by atoms with Crippen LogP contribution >= 0.6 is 0 Å². The zero-order valence-corrected chi connectivity index (χ0v) is 14.6. The van der Waals surface area contributed by atoms with Gasteiger partial charge in [-0.2, -0.15) is 0 Å². The molecule has 22 heavy (non-hydrogen) atoms. The fourth-order valence-corrected chi connectivity index (χ4v) is 3.79. The van der Waals surface area contributed by atoms with Crippen LogP contribution in [0.1, 0.15) is 59.8 Å². The quantitative estimate of drug-likeness (QED) is 0.681. The van der Waals surface area contributed by atoms with Crippen LogP contribution in [0.25, 0.3) is 0 Å². The fraction of sp³-hybridized carbons (Fsp3) is 0.941. The first-order chi connectivity index (χ1) is 10.3. The highest BCUT2D eigenvalue weighted by atomic mass is 16.5. The lowest BCUT2D eigenvalue weighted by atomic mass is 9.74. The molecule has 0 bridgehead atoms. The van der Waals surface area contributed by atoms with Crippen LogP contribution in [0, 0.1) is 10.8 Å². The van der Waals surface area contributed by atoms with Gasteiger partial charge in [0.2, 0.25) is 5.91 Å². The van der Waals surface area contributed by atoms with Crippen LogP contribution < -0.4 is 10.8 Å². The topological polar surface area (TPSA) is 64.6 Å². The SMILES string of the molecule is CC1(C)CCC(N(C(=O)C(C)(C)CNO)[C@H]2CCNC2)CC1. The molecule has 1 atom stereocenters. The Balaban J connectivity index is 2.14. The van der Waals surface area contributed by atoms with Gasteiger partial charge in [-0.15, -0.1) is 0 Å². The monoisotopic (exact) mass is 311 g/mol. The van der Waals surface area contributed by atoms with E-state index >= 15 is 0 Å². The molecular weight excluding hydrogens is 278 g/mol. The van der Waals surface area contributed by atoms with E-state index in [0.29, 0.717) is 24.0 Å². The van der Waals surface area contributed by atoms with E-state index in [1.165, 1.54) is 12.8 Å². The van der Waals surface area contributed by atoms with E-state index in [1.54, 1.807) is 0 Å². The van der Waals surface area contributed by atoms with Gasteiger partial charge < -0.3 is 15.4 Å². The second-order valence-electron chi connectivity index (χ2n) is 8.47. The molecule has 5 nitrogen and oxygen atoms in total. The molecule has 2 rings (SSSR count). The van der Waals surface area contributed by atoms with Gasteiger partial charge in [0.05, 0.1) is 5.41 Å². The summed E-state index contributed by atoms with van der Waals surface area (Å²) >= 11 is 0. The number of carbonyl (C=O) groups is 1. The van der Waals surface area contributed by atoms with Crippen molar-refractivity contribution >= 4 is 5.91 Å². The van der Waals surface area contributed by atoms with Gasteiger partial charge in [-0.25, -0.2) is 5.48 Å². The fourth-order valence-electron chi connectivity index (χ4n) is 3.79. The smallest absolute Gasteiger partial charge is 0.230 e. The molecule has 1 heterocycles. The third-order valence-electron chi connectivity index (χ3n) is 5.46. The molecule has 5 heteroatoms. The average molecular weight is 311 g/mol. The van der Waals surface area contributed by atoms with Gasteiger partial charge in [0.15, 0.2) is 0 Å². The van der Waals surface area contributed by atoms with Crippen molar-refractivity contribution in [1.82, 2.24) is 15.7 Å². The summed E-state index contributed by atoms with van der Waals surface area (Å²) in [5.74, 6) is 0.174. The van der Waals surface area contributed by atoms with Crippen molar-refractivity contribution in [2.75, 3.05) is 19.6 Å². The predicted molar refractivity (Wildman–Crippen MR) is 87.7 cm³/mol. The maximum atomic E-state index is 13.1. The van der Waals surface area contributed by atoms with E-state index in [2.05, 4.69) is 29.5 Å². The van der Waals surface area contributed by atoms with E-state index in [0.717, 1.165) is 32.4 Å². The summed E-state index contributed by atoms with van der Waals surface area (Å²) in [6, 6.07) is 0.653. The maximum Gasteiger partial charge on any atom is 0.230 e. The van der Waals surface area contributed by atoms with Crippen molar-refractivity contribution in [1.29, 1.82) is 0 Å². The van der Waals surface area contributed by atoms with Crippen LogP contribution in [0.2, 0.25) is 0 Å². The number of nitrogens with one attached hydrogen (secondary N) is 2. The van der Waals surface area contributed by atoms with Crippen LogP contribution in [0.3, 0.4) is 0 Å². The average Bonchev–Trinajstić information content (AvgIpc) is 2.94. The third kappa shape index (κ3) is 4.00. The minimum absolute atomic E-state index is 0.174. The Kier molecular flexibility index (Phi) is 5.51. The number of amides is 1. The number of nitrogens with zero attached hydrogens (tertiary/aromatic N) is 1. The minimum atomic E-state index is -0.579. The number of rotatable bonds is 5. The number of hydrogen-bond donors (Lipinski definition) is 3. The van der Waals surface area contributed by atoms with Crippen molar-refractivity contribution in [2.45, 2.75) is 71.9 Å². The van der Waals surface area contributed by atoms with Crippen LogP contribution in [-0.2, 0) is 4.79 Å². The number of hydroxylamine groups is 1. The van der Waals surface area contributed by atoms with Gasteiger partial charge in [-0.1, -0.05) is 13.8 Å². The van der Waals surface area contributed by atoms with Crippen LogP contribution in [0.5, 0.6) is 0 Å². The van der Waals surface area contributed by atoms with E-state index < -0.39 is 5.41 Å². The molecule has 0 unspecified atom stereocenters. The molecule has 0 radical (unpaired) electrons. The summed E-state index contributed by atoms with van der Waals surface area (Å²) < 4.78 is 0. The highest BCUT2D eigenvalue weighted by Crippen LogP contribution is 2.39. The van der Waals surface area contributed by atoms with E-state index in [4.69, 9.17) is 5.21 Å². The molecule has 1 saturated heterocycles. The van der Waals surface area contributed by atoms with Gasteiger partial charge in [0.25, 0.3) is 0 Å². The van der Waals surface area contributed by atoms with Gasteiger partial charge in [0, 0.05) is 25.2 Å². The first-order valence-electron chi connectivity index (χ1n) is 8.67. The summed E-state index contributed by atoms with van der Waals surface area (Å²) in [6.07, 6.45) is 5.59. The van der Waals surface area contributed by atoms with Gasteiger partial charge >= 0.3 is 0 Å². The Bertz CT molecular complexity index is 379. The lowest BCUT2D eigenvalue weighted by Gasteiger charge is -2.45. The van der Waals surface area contributed by atoms with Gasteiger partial charge in [-0.05, 0) is 57.9 Å². The van der Waals surface area contributed by atoms with Crippen molar-refractivity contribution < 1.29 is 10.0 Å². The van der Waals surface area contributed by atoms with Crippen molar-refractivity contribution in [3.63, 3.8) is 0 Å². The predicted octanol–water partition coefficient (Wildman–Crippen LogP) is 2.15. The Morgan fingerprint density at radius 2 is 1.91 bits per heavy atom. The molecule has 0 aromatic rings. The summed E-state index contributed by atoms with van der Waals surface area (Å²) in [7, 11) is 0. The van der Waals surface area contributed by atoms with Gasteiger partial charge in [0.1, 0.15) is 0 Å². The molecule has 1 aliphatic heterocycles. The molecule has 0 aromatic heterocycles. The third-order valence-corrected chi connectivity index (χ3v) is 5.46. The van der Waals surface area contributed by atoms with Crippen molar-refractivity contribution in [3.05, 3.63) is 0 Å². The molecule has 1 saturated carbocycles. The lowest BCUT2D eigenvalue weighted by molar-refractivity contribution is -0.147. The summed E-state index contributed by atoms with van der Waals surface area (Å²) in [5, 5.41) is 12.4. The van der Waals surface area contributed by atoms with Gasteiger partial charge in [-0.3, -0.25) is 4.79 Å². The van der Waals surface area contributed by atoms with E-state index in [1.807, 2.05) is 13.8 Å². The molecule has 0 aromatic carbocycles.